The maximum Gasteiger partial charge on any atom is 0.261 e. The van der Waals surface area contributed by atoms with E-state index in [0.29, 0.717) is 6.54 Å². The zero-order valence-electron chi connectivity index (χ0n) is 14.6. The number of carbonyl (C=O) groups excluding carboxylic acids is 1. The lowest BCUT2D eigenvalue weighted by Gasteiger charge is -2.21. The highest BCUT2D eigenvalue weighted by Gasteiger charge is 2.09. The molecule has 2 aromatic rings. The average molecular weight is 493 g/mol. The third kappa shape index (κ3) is 7.28. The third-order valence-corrected chi connectivity index (χ3v) is 5.00. The quantitative estimate of drug-likeness (QED) is 0.270. The van der Waals surface area contributed by atoms with E-state index in [9.17, 15) is 4.79 Å². The number of hydrogen-bond donors (Lipinski definition) is 2. The molecule has 138 valence electrons. The van der Waals surface area contributed by atoms with Crippen molar-refractivity contribution >= 4 is 58.5 Å². The Bertz CT molecular complexity index is 672. The van der Waals surface area contributed by atoms with Gasteiger partial charge in [-0.1, -0.05) is 6.07 Å². The molecule has 0 atom stereocenters. The number of guanidine groups is 1. The number of aryl methyl sites for hydroxylation is 1. The number of carbonyl (C=O) groups is 1. The fourth-order valence-corrected chi connectivity index (χ4v) is 3.41. The van der Waals surface area contributed by atoms with Gasteiger partial charge in [-0.15, -0.1) is 46.7 Å². The second-order valence-electron chi connectivity index (χ2n) is 5.27. The van der Waals surface area contributed by atoms with Gasteiger partial charge in [0, 0.05) is 32.6 Å². The largest absolute Gasteiger partial charge is 0.356 e. The summed E-state index contributed by atoms with van der Waals surface area (Å²) in [6.07, 6.45) is 0.833. The molecular formula is C16H24IN5OS2. The SMILES string of the molecule is CN=C(NCCCNC(=O)c1cccs1)N(C)Cc1csc(C)n1.I. The summed E-state index contributed by atoms with van der Waals surface area (Å²) in [7, 11) is 3.76. The Morgan fingerprint density at radius 1 is 1.32 bits per heavy atom. The molecule has 0 bridgehead atoms. The predicted octanol–water partition coefficient (Wildman–Crippen LogP) is 2.96. The molecule has 6 nitrogen and oxygen atoms in total. The van der Waals surface area contributed by atoms with Crippen LogP contribution in [0.3, 0.4) is 0 Å². The van der Waals surface area contributed by atoms with Crippen molar-refractivity contribution < 1.29 is 4.79 Å². The van der Waals surface area contributed by atoms with Gasteiger partial charge in [-0.25, -0.2) is 4.98 Å². The zero-order valence-corrected chi connectivity index (χ0v) is 18.6. The number of nitrogens with zero attached hydrogens (tertiary/aromatic N) is 3. The summed E-state index contributed by atoms with van der Waals surface area (Å²) >= 11 is 3.11. The van der Waals surface area contributed by atoms with Gasteiger partial charge in [-0.05, 0) is 24.8 Å². The lowest BCUT2D eigenvalue weighted by Crippen LogP contribution is -2.39. The number of halogens is 1. The van der Waals surface area contributed by atoms with E-state index in [-0.39, 0.29) is 29.9 Å². The number of thiophene rings is 1. The van der Waals surface area contributed by atoms with Crippen LogP contribution in [-0.2, 0) is 6.54 Å². The van der Waals surface area contributed by atoms with Crippen LogP contribution >= 0.6 is 46.7 Å². The standard InChI is InChI=1S/C16H23N5OS2.HI/c1-12-20-13(11-24-12)10-21(3)16(17-2)19-8-5-7-18-15(22)14-6-4-9-23-14;/h4,6,9,11H,5,7-8,10H2,1-3H3,(H,17,19)(H,18,22);1H. The molecule has 0 aromatic carbocycles. The van der Waals surface area contributed by atoms with E-state index < -0.39 is 0 Å². The summed E-state index contributed by atoms with van der Waals surface area (Å²) in [5.41, 5.74) is 1.05. The molecule has 0 fully saturated rings. The van der Waals surface area contributed by atoms with Gasteiger partial charge in [0.05, 0.1) is 22.1 Å². The smallest absolute Gasteiger partial charge is 0.261 e. The average Bonchev–Trinajstić information content (AvgIpc) is 3.22. The van der Waals surface area contributed by atoms with Crippen molar-refractivity contribution in [2.24, 2.45) is 4.99 Å². The number of nitrogens with one attached hydrogen (secondary N) is 2. The molecule has 0 aliphatic carbocycles. The van der Waals surface area contributed by atoms with Crippen molar-refractivity contribution in [2.75, 3.05) is 27.2 Å². The highest BCUT2D eigenvalue weighted by Crippen LogP contribution is 2.10. The first kappa shape index (κ1) is 21.8. The zero-order chi connectivity index (χ0) is 17.4. The Kier molecular flexibility index (Phi) is 9.98. The molecule has 0 saturated heterocycles. The summed E-state index contributed by atoms with van der Waals surface area (Å²) in [5, 5.41) is 11.3. The van der Waals surface area contributed by atoms with Crippen LogP contribution in [0.1, 0.15) is 26.8 Å². The van der Waals surface area contributed by atoms with Crippen molar-refractivity contribution in [2.45, 2.75) is 19.9 Å². The minimum absolute atomic E-state index is 0. The number of aromatic nitrogens is 1. The van der Waals surface area contributed by atoms with E-state index in [1.807, 2.05) is 36.4 Å². The van der Waals surface area contributed by atoms with Crippen LogP contribution in [0.4, 0.5) is 0 Å². The summed E-state index contributed by atoms with van der Waals surface area (Å²) in [6, 6.07) is 3.71. The van der Waals surface area contributed by atoms with Gasteiger partial charge < -0.3 is 15.5 Å². The summed E-state index contributed by atoms with van der Waals surface area (Å²) in [5.74, 6) is 0.815. The van der Waals surface area contributed by atoms with Gasteiger partial charge in [0.2, 0.25) is 0 Å². The minimum atomic E-state index is -0.00889. The topological polar surface area (TPSA) is 69.6 Å². The van der Waals surface area contributed by atoms with Crippen LogP contribution in [0, 0.1) is 6.92 Å². The molecule has 2 rings (SSSR count). The Labute approximate surface area is 173 Å². The number of thiazole rings is 1. The van der Waals surface area contributed by atoms with E-state index in [1.165, 1.54) is 11.3 Å². The lowest BCUT2D eigenvalue weighted by molar-refractivity contribution is 0.0957. The third-order valence-electron chi connectivity index (χ3n) is 3.31. The second kappa shape index (κ2) is 11.4. The fourth-order valence-electron chi connectivity index (χ4n) is 2.17. The first-order chi connectivity index (χ1) is 11.6. The highest BCUT2D eigenvalue weighted by atomic mass is 127. The summed E-state index contributed by atoms with van der Waals surface area (Å²) < 4.78 is 0. The molecule has 0 unspecified atom stereocenters. The van der Waals surface area contributed by atoms with Crippen molar-refractivity contribution in [1.82, 2.24) is 20.5 Å². The van der Waals surface area contributed by atoms with Gasteiger partial charge in [-0.3, -0.25) is 9.79 Å². The van der Waals surface area contributed by atoms with E-state index in [0.717, 1.165) is 41.0 Å². The molecule has 2 heterocycles. The van der Waals surface area contributed by atoms with Gasteiger partial charge in [0.1, 0.15) is 0 Å². The maximum absolute atomic E-state index is 11.8. The van der Waals surface area contributed by atoms with Crippen LogP contribution in [0.2, 0.25) is 0 Å². The van der Waals surface area contributed by atoms with Crippen LogP contribution in [0.15, 0.2) is 27.9 Å². The molecular weight excluding hydrogens is 469 g/mol. The van der Waals surface area contributed by atoms with E-state index in [1.54, 1.807) is 18.4 Å². The molecule has 1 amide bonds. The Hall–Kier alpha value is -1.20. The maximum atomic E-state index is 11.8. The summed E-state index contributed by atoms with van der Waals surface area (Å²) in [4.78, 5) is 23.4. The van der Waals surface area contributed by atoms with Crippen molar-refractivity contribution in [3.05, 3.63) is 38.5 Å². The minimum Gasteiger partial charge on any atom is -0.356 e. The van der Waals surface area contributed by atoms with Crippen LogP contribution in [0.25, 0.3) is 0 Å². The van der Waals surface area contributed by atoms with Crippen molar-refractivity contribution in [1.29, 1.82) is 0 Å². The molecule has 0 aliphatic rings. The predicted molar refractivity (Wildman–Crippen MR) is 116 cm³/mol. The Morgan fingerprint density at radius 3 is 2.68 bits per heavy atom. The Morgan fingerprint density at radius 2 is 2.08 bits per heavy atom. The van der Waals surface area contributed by atoms with E-state index in [4.69, 9.17) is 0 Å². The molecule has 2 N–H and O–H groups in total. The number of rotatable bonds is 7. The second-order valence-corrected chi connectivity index (χ2v) is 7.28. The van der Waals surface area contributed by atoms with Crippen LogP contribution in [-0.4, -0.2) is 48.9 Å². The number of aliphatic imine (C=N–C) groups is 1. The molecule has 0 spiro atoms. The first-order valence-corrected chi connectivity index (χ1v) is 9.50. The highest BCUT2D eigenvalue weighted by molar-refractivity contribution is 14.0. The van der Waals surface area contributed by atoms with Gasteiger partial charge in [-0.2, -0.15) is 0 Å². The molecule has 0 saturated carbocycles. The molecule has 0 radical (unpaired) electrons. The monoisotopic (exact) mass is 493 g/mol. The van der Waals surface area contributed by atoms with Gasteiger partial charge >= 0.3 is 0 Å². The van der Waals surface area contributed by atoms with E-state index in [2.05, 4.69) is 26.0 Å². The van der Waals surface area contributed by atoms with Crippen LogP contribution in [0.5, 0.6) is 0 Å². The number of amides is 1. The number of hydrogen-bond acceptors (Lipinski definition) is 5. The van der Waals surface area contributed by atoms with Crippen LogP contribution < -0.4 is 10.6 Å². The van der Waals surface area contributed by atoms with E-state index >= 15 is 0 Å². The first-order valence-electron chi connectivity index (χ1n) is 7.74. The molecule has 25 heavy (non-hydrogen) atoms. The van der Waals surface area contributed by atoms with Crippen molar-refractivity contribution in [3.63, 3.8) is 0 Å². The Balaban J connectivity index is 0.00000312. The lowest BCUT2D eigenvalue weighted by atomic mass is 10.4. The fraction of sp³-hybridized carbons (Fsp3) is 0.438. The summed E-state index contributed by atoms with van der Waals surface area (Å²) in [6.45, 7) is 4.11. The van der Waals surface area contributed by atoms with Gasteiger partial charge in [0.15, 0.2) is 5.96 Å². The molecule has 9 heteroatoms. The molecule has 0 aliphatic heterocycles. The normalized spacial score (nSPS) is 10.9. The van der Waals surface area contributed by atoms with Crippen molar-refractivity contribution in [3.8, 4) is 0 Å². The molecule has 2 aromatic heterocycles. The van der Waals surface area contributed by atoms with Gasteiger partial charge in [0.25, 0.3) is 5.91 Å².